The Kier molecular flexibility index (Phi) is 5.69. The first-order valence-corrected chi connectivity index (χ1v) is 8.00. The summed E-state index contributed by atoms with van der Waals surface area (Å²) in [7, 11) is 0. The van der Waals surface area contributed by atoms with Gasteiger partial charge in [0.05, 0.1) is 0 Å². The molecule has 0 bridgehead atoms. The smallest absolute Gasteiger partial charge is 0.192 e. The van der Waals surface area contributed by atoms with E-state index in [1.54, 1.807) is 18.2 Å². The summed E-state index contributed by atoms with van der Waals surface area (Å²) in [6.45, 7) is 2.14. The number of benzene rings is 1. The van der Waals surface area contributed by atoms with E-state index < -0.39 is 11.7 Å². The van der Waals surface area contributed by atoms with Crippen LogP contribution in [0.1, 0.15) is 49.4 Å². The fourth-order valence-corrected chi connectivity index (χ4v) is 2.73. The maximum Gasteiger partial charge on any atom is 0.192 e. The van der Waals surface area contributed by atoms with Crippen LogP contribution in [-0.2, 0) is 0 Å². The van der Waals surface area contributed by atoms with Crippen LogP contribution in [0, 0.1) is 5.92 Å². The number of allylic oxidation sites excluding steroid dienone is 2. The zero-order chi connectivity index (χ0) is 16.0. The molecule has 2 rings (SSSR count). The van der Waals surface area contributed by atoms with E-state index in [-0.39, 0.29) is 5.78 Å². The van der Waals surface area contributed by atoms with Crippen LogP contribution in [0.4, 0.5) is 0 Å². The first-order chi connectivity index (χ1) is 10.5. The molecule has 1 atom stereocenters. The Morgan fingerprint density at radius 2 is 1.86 bits per heavy atom. The second-order valence-electron chi connectivity index (χ2n) is 5.89. The normalized spacial score (nSPS) is 19.8. The molecule has 1 aliphatic carbocycles. The number of hydrogen-bond acceptors (Lipinski definition) is 3. The van der Waals surface area contributed by atoms with Crippen LogP contribution in [-0.4, -0.2) is 21.8 Å². The van der Waals surface area contributed by atoms with E-state index in [4.69, 9.17) is 0 Å². The minimum absolute atomic E-state index is 0.0779. The first-order valence-electron chi connectivity index (χ1n) is 8.00. The Morgan fingerprint density at radius 1 is 1.14 bits per heavy atom. The van der Waals surface area contributed by atoms with Crippen LogP contribution < -0.4 is 0 Å². The largest absolute Gasteiger partial charge is 0.362 e. The van der Waals surface area contributed by atoms with Gasteiger partial charge >= 0.3 is 0 Å². The fourth-order valence-electron chi connectivity index (χ4n) is 2.73. The summed E-state index contributed by atoms with van der Waals surface area (Å²) in [5.41, 5.74) is 1.15. The predicted molar refractivity (Wildman–Crippen MR) is 87.4 cm³/mol. The summed E-state index contributed by atoms with van der Waals surface area (Å²) in [5.74, 6) is -2.37. The van der Waals surface area contributed by atoms with Gasteiger partial charge in [-0.25, -0.2) is 0 Å². The molecule has 2 N–H and O–H groups in total. The summed E-state index contributed by atoms with van der Waals surface area (Å²) >= 11 is 0. The van der Waals surface area contributed by atoms with Gasteiger partial charge in [0.2, 0.25) is 0 Å². The lowest BCUT2D eigenvalue weighted by atomic mass is 9.84. The van der Waals surface area contributed by atoms with Crippen molar-refractivity contribution < 1.29 is 15.0 Å². The Hall–Kier alpha value is -1.71. The summed E-state index contributed by atoms with van der Waals surface area (Å²) in [4.78, 5) is 12.4. The molecule has 0 fully saturated rings. The lowest BCUT2D eigenvalue weighted by molar-refractivity contribution is -0.150. The van der Waals surface area contributed by atoms with Crippen molar-refractivity contribution >= 4 is 5.78 Å². The molecule has 1 aromatic carbocycles. The van der Waals surface area contributed by atoms with Crippen molar-refractivity contribution in [3.63, 3.8) is 0 Å². The number of rotatable bonds is 7. The average Bonchev–Trinajstić information content (AvgIpc) is 2.53. The highest BCUT2D eigenvalue weighted by Gasteiger charge is 2.33. The molecule has 0 amide bonds. The van der Waals surface area contributed by atoms with Crippen LogP contribution >= 0.6 is 0 Å². The zero-order valence-corrected chi connectivity index (χ0v) is 13.0. The zero-order valence-electron chi connectivity index (χ0n) is 13.0. The minimum Gasteiger partial charge on any atom is -0.362 e. The molecular weight excluding hydrogens is 276 g/mol. The second kappa shape index (κ2) is 7.52. The van der Waals surface area contributed by atoms with Gasteiger partial charge in [-0.05, 0) is 12.5 Å². The van der Waals surface area contributed by atoms with Gasteiger partial charge in [0, 0.05) is 17.1 Å². The Balaban J connectivity index is 2.10. The molecule has 0 heterocycles. The number of unbranched alkanes of at least 4 members (excludes halogenated alkanes) is 3. The van der Waals surface area contributed by atoms with E-state index in [0.717, 1.165) is 25.7 Å². The van der Waals surface area contributed by atoms with Gasteiger partial charge in [-0.3, -0.25) is 4.79 Å². The van der Waals surface area contributed by atoms with E-state index >= 15 is 0 Å². The van der Waals surface area contributed by atoms with Crippen molar-refractivity contribution in [1.29, 1.82) is 0 Å². The number of hydrogen-bond donors (Lipinski definition) is 2. The molecule has 118 valence electrons. The third kappa shape index (κ3) is 4.15. The Bertz CT molecular complexity index is 555. The number of aliphatic hydroxyl groups is 2. The molecule has 1 aliphatic rings. The number of carbonyl (C=O) groups is 1. The maximum absolute atomic E-state index is 12.4. The molecule has 22 heavy (non-hydrogen) atoms. The van der Waals surface area contributed by atoms with Crippen molar-refractivity contribution in [3.8, 4) is 0 Å². The number of Topliss-reactive ketones (excluding diaryl/α,β-unsaturated/α-hetero) is 1. The summed E-state index contributed by atoms with van der Waals surface area (Å²) in [5, 5.41) is 20.1. The molecule has 0 aliphatic heterocycles. The van der Waals surface area contributed by atoms with Crippen LogP contribution in [0.2, 0.25) is 0 Å². The van der Waals surface area contributed by atoms with Gasteiger partial charge in [0.1, 0.15) is 0 Å². The van der Waals surface area contributed by atoms with Crippen molar-refractivity contribution in [2.45, 2.75) is 44.8 Å². The number of carbonyl (C=O) groups excluding carboxylic acids is 1. The Morgan fingerprint density at radius 3 is 2.55 bits per heavy atom. The second-order valence-corrected chi connectivity index (χ2v) is 5.89. The van der Waals surface area contributed by atoms with Crippen molar-refractivity contribution in [2.24, 2.45) is 5.92 Å². The van der Waals surface area contributed by atoms with Crippen molar-refractivity contribution in [2.75, 3.05) is 0 Å². The monoisotopic (exact) mass is 300 g/mol. The van der Waals surface area contributed by atoms with Crippen molar-refractivity contribution in [3.05, 3.63) is 59.7 Å². The van der Waals surface area contributed by atoms with Crippen LogP contribution in [0.25, 0.3) is 0 Å². The van der Waals surface area contributed by atoms with Gasteiger partial charge in [-0.1, -0.05) is 75.1 Å². The van der Waals surface area contributed by atoms with Crippen molar-refractivity contribution in [1.82, 2.24) is 0 Å². The third-order valence-corrected chi connectivity index (χ3v) is 4.10. The molecule has 1 unspecified atom stereocenters. The fraction of sp³-hybridized carbons (Fsp3) is 0.421. The van der Waals surface area contributed by atoms with Gasteiger partial charge in [-0.2, -0.15) is 0 Å². The highest BCUT2D eigenvalue weighted by molar-refractivity contribution is 6.10. The highest BCUT2D eigenvalue weighted by atomic mass is 16.5. The molecule has 0 radical (unpaired) electrons. The summed E-state index contributed by atoms with van der Waals surface area (Å²) in [6.07, 6.45) is 9.50. The van der Waals surface area contributed by atoms with E-state index in [1.807, 2.05) is 18.2 Å². The third-order valence-electron chi connectivity index (χ3n) is 4.10. The molecule has 0 aromatic heterocycles. The van der Waals surface area contributed by atoms with E-state index in [1.165, 1.54) is 12.2 Å². The summed E-state index contributed by atoms with van der Waals surface area (Å²) in [6, 6.07) is 9.06. The van der Waals surface area contributed by atoms with E-state index in [9.17, 15) is 15.0 Å². The average molecular weight is 300 g/mol. The molecule has 3 heteroatoms. The first kappa shape index (κ1) is 16.7. The van der Waals surface area contributed by atoms with E-state index in [2.05, 4.69) is 6.92 Å². The standard InChI is InChI=1S/C19H24O3/c1-2-3-4-8-11-17-14-16(12-13-19(17,21)22)18(20)15-9-6-5-7-10-15/h5-7,9-10,12-14,17,21-22H,2-4,8,11H2,1H3. The minimum atomic E-state index is -1.85. The molecular formula is C19H24O3. The van der Waals surface area contributed by atoms with Crippen LogP contribution in [0.3, 0.4) is 0 Å². The van der Waals surface area contributed by atoms with Gasteiger partial charge in [0.15, 0.2) is 11.6 Å². The van der Waals surface area contributed by atoms with Gasteiger partial charge in [-0.15, -0.1) is 0 Å². The number of ketones is 1. The van der Waals surface area contributed by atoms with Gasteiger partial charge < -0.3 is 10.2 Å². The molecule has 3 nitrogen and oxygen atoms in total. The quantitative estimate of drug-likeness (QED) is 0.459. The predicted octanol–water partition coefficient (Wildman–Crippen LogP) is 3.63. The highest BCUT2D eigenvalue weighted by Crippen LogP contribution is 2.30. The molecule has 1 aromatic rings. The molecule has 0 saturated heterocycles. The molecule has 0 spiro atoms. The SMILES string of the molecule is CCCCCCC1C=C(C(=O)c2ccccc2)C=CC1(O)O. The Labute approximate surface area is 132 Å². The topological polar surface area (TPSA) is 57.5 Å². The lowest BCUT2D eigenvalue weighted by Gasteiger charge is -2.29. The van der Waals surface area contributed by atoms with Crippen LogP contribution in [0.5, 0.6) is 0 Å². The summed E-state index contributed by atoms with van der Waals surface area (Å²) < 4.78 is 0. The molecule has 0 saturated carbocycles. The van der Waals surface area contributed by atoms with Gasteiger partial charge in [0.25, 0.3) is 0 Å². The van der Waals surface area contributed by atoms with Crippen LogP contribution in [0.15, 0.2) is 54.1 Å². The van der Waals surface area contributed by atoms with E-state index in [0.29, 0.717) is 17.6 Å². The maximum atomic E-state index is 12.4. The lowest BCUT2D eigenvalue weighted by Crippen LogP contribution is -2.36.